The number of nitrogens with zero attached hydrogens (tertiary/aromatic N) is 5. The molecule has 0 spiro atoms. The fraction of sp³-hybridized carbons (Fsp3) is 0.417. The van der Waals surface area contributed by atoms with Crippen LogP contribution >= 0.6 is 0 Å². The third kappa shape index (κ3) is 4.19. The molecule has 2 N–H and O–H groups in total. The maximum Gasteiger partial charge on any atom is 0.324 e. The number of amidine groups is 1. The summed E-state index contributed by atoms with van der Waals surface area (Å²) in [6, 6.07) is 8.33. The minimum absolute atomic E-state index is 0.0846. The van der Waals surface area contributed by atoms with Crippen molar-refractivity contribution in [2.24, 2.45) is 10.9 Å². The summed E-state index contributed by atoms with van der Waals surface area (Å²) in [6.45, 7) is 5.94. The number of aliphatic imine (C=N–C) groups is 1. The lowest BCUT2D eigenvalue weighted by Crippen LogP contribution is -2.48. The summed E-state index contributed by atoms with van der Waals surface area (Å²) in [4.78, 5) is 13.8. The van der Waals surface area contributed by atoms with E-state index in [0.29, 0.717) is 36.6 Å². The van der Waals surface area contributed by atoms with E-state index in [0.717, 1.165) is 9.54 Å². The summed E-state index contributed by atoms with van der Waals surface area (Å²) in [7, 11) is -1.96. The van der Waals surface area contributed by atoms with Crippen LogP contribution < -0.4 is 10.1 Å². The zero-order valence-electron chi connectivity index (χ0n) is 20.1. The number of rotatable bonds is 6. The molecule has 1 saturated carbocycles. The van der Waals surface area contributed by atoms with Crippen molar-refractivity contribution in [1.82, 2.24) is 13.9 Å². The first-order valence-corrected chi connectivity index (χ1v) is 13.0. The lowest BCUT2D eigenvalue weighted by Gasteiger charge is -2.42. The lowest BCUT2D eigenvalue weighted by molar-refractivity contribution is -0.545. The normalized spacial score (nSPS) is 24.1. The number of hydrogen-bond acceptors (Lipinski definition) is 8. The van der Waals surface area contributed by atoms with E-state index >= 15 is 0 Å². The van der Waals surface area contributed by atoms with Gasteiger partial charge < -0.3 is 9.84 Å². The second kappa shape index (κ2) is 8.42. The van der Waals surface area contributed by atoms with Crippen molar-refractivity contribution < 1.29 is 22.8 Å². The van der Waals surface area contributed by atoms with Gasteiger partial charge in [0.05, 0.1) is 29.5 Å². The van der Waals surface area contributed by atoms with Crippen LogP contribution in [0.15, 0.2) is 46.4 Å². The molecule has 2 aromatic heterocycles. The molecular weight excluding hydrogens is 468 g/mol. The highest BCUT2D eigenvalue weighted by Gasteiger charge is 2.46. The van der Waals surface area contributed by atoms with Crippen LogP contribution in [0.3, 0.4) is 0 Å². The van der Waals surface area contributed by atoms with Gasteiger partial charge in [0, 0.05) is 12.1 Å². The van der Waals surface area contributed by atoms with E-state index in [1.807, 2.05) is 32.4 Å². The van der Waals surface area contributed by atoms with Crippen LogP contribution in [0.2, 0.25) is 0 Å². The Labute approximate surface area is 204 Å². The van der Waals surface area contributed by atoms with Crippen LogP contribution in [0, 0.1) is 12.8 Å². The maximum atomic E-state index is 13.4. The van der Waals surface area contributed by atoms with Gasteiger partial charge in [-0.1, -0.05) is 17.7 Å². The largest absolute Gasteiger partial charge is 0.477 e. The van der Waals surface area contributed by atoms with Crippen LogP contribution in [0.5, 0.6) is 5.88 Å². The summed E-state index contributed by atoms with van der Waals surface area (Å²) < 4.78 is 35.6. The Morgan fingerprint density at radius 2 is 1.94 bits per heavy atom. The maximum absolute atomic E-state index is 13.4. The predicted octanol–water partition coefficient (Wildman–Crippen LogP) is 2.40. The molecule has 1 aromatic carbocycles. The molecule has 0 amide bonds. The van der Waals surface area contributed by atoms with Crippen LogP contribution in [0.4, 0.5) is 5.95 Å². The standard InChI is InChI=1S/C24H28N6O4S/c1-5-34-22-18-10-11-30(35(32,33)17-8-6-15(2)7-9-17)21(18)27-23(28-22)26-19-14-25-20(29(19)4)16-12-24(3,31)13-16/h6-11,14,16,20,31H,5,12-13H2,1-4H3/p+1. The summed E-state index contributed by atoms with van der Waals surface area (Å²) in [6.07, 6.45) is 4.48. The summed E-state index contributed by atoms with van der Waals surface area (Å²) in [5, 5.41) is 13.8. The molecule has 1 unspecified atom stereocenters. The van der Waals surface area contributed by atoms with E-state index in [-0.39, 0.29) is 28.6 Å². The van der Waals surface area contributed by atoms with E-state index in [1.165, 1.54) is 6.20 Å². The molecule has 0 bridgehead atoms. The third-order valence-electron chi connectivity index (χ3n) is 6.53. The molecule has 2 aliphatic rings. The molecule has 3 heterocycles. The minimum atomic E-state index is -3.88. The van der Waals surface area contributed by atoms with E-state index in [9.17, 15) is 13.5 Å². The zero-order valence-corrected chi connectivity index (χ0v) is 21.0. The molecule has 10 nitrogen and oxygen atoms in total. The molecular formula is C24H29N6O4S+. The molecule has 184 valence electrons. The molecule has 1 fully saturated rings. The van der Waals surface area contributed by atoms with Crippen molar-refractivity contribution in [1.29, 1.82) is 0 Å². The monoisotopic (exact) mass is 497 g/mol. The quantitative estimate of drug-likeness (QED) is 0.502. The van der Waals surface area contributed by atoms with Gasteiger partial charge in [-0.15, -0.1) is 0 Å². The van der Waals surface area contributed by atoms with Crippen LogP contribution in [-0.2, 0) is 10.0 Å². The second-order valence-corrected chi connectivity index (χ2v) is 11.2. The summed E-state index contributed by atoms with van der Waals surface area (Å²) >= 11 is 0. The Kier molecular flexibility index (Phi) is 5.64. The van der Waals surface area contributed by atoms with Crippen LogP contribution in [0.1, 0.15) is 32.3 Å². The minimum Gasteiger partial charge on any atom is -0.477 e. The fourth-order valence-electron chi connectivity index (χ4n) is 4.72. The molecule has 3 aromatic rings. The predicted molar refractivity (Wildman–Crippen MR) is 133 cm³/mol. The number of aryl methyl sites for hydroxylation is 1. The average Bonchev–Trinajstić information content (AvgIpc) is 3.37. The van der Waals surface area contributed by atoms with Gasteiger partial charge in [0.2, 0.25) is 5.88 Å². The average molecular weight is 498 g/mol. The van der Waals surface area contributed by atoms with Crippen molar-refractivity contribution in [2.45, 2.75) is 50.3 Å². The molecule has 0 radical (unpaired) electrons. The lowest BCUT2D eigenvalue weighted by atomic mass is 9.70. The first-order valence-electron chi connectivity index (χ1n) is 11.6. The summed E-state index contributed by atoms with van der Waals surface area (Å²) in [5.41, 5.74) is 0.555. The highest BCUT2D eigenvalue weighted by atomic mass is 32.2. The van der Waals surface area contributed by atoms with Crippen LogP contribution in [-0.4, -0.2) is 69.5 Å². The highest BCUT2D eigenvalue weighted by molar-refractivity contribution is 7.90. The Morgan fingerprint density at radius 1 is 1.23 bits per heavy atom. The number of ether oxygens (including phenoxy) is 1. The van der Waals surface area contributed by atoms with Gasteiger partial charge in [-0.2, -0.15) is 9.97 Å². The van der Waals surface area contributed by atoms with Crippen molar-refractivity contribution in [3.8, 4) is 5.88 Å². The van der Waals surface area contributed by atoms with Gasteiger partial charge in [-0.05, 0) is 51.8 Å². The Morgan fingerprint density at radius 3 is 2.60 bits per heavy atom. The number of fused-ring (bicyclic) bond motifs is 1. The van der Waals surface area contributed by atoms with Crippen LogP contribution in [0.25, 0.3) is 11.0 Å². The van der Waals surface area contributed by atoms with Crippen molar-refractivity contribution in [3.63, 3.8) is 0 Å². The smallest absolute Gasteiger partial charge is 0.324 e. The Hall–Kier alpha value is -3.31. The summed E-state index contributed by atoms with van der Waals surface area (Å²) in [5.74, 6) is 1.44. The van der Waals surface area contributed by atoms with Gasteiger partial charge in [0.1, 0.15) is 6.21 Å². The zero-order chi connectivity index (χ0) is 25.0. The number of nitrogens with one attached hydrogen (secondary N) is 1. The van der Waals surface area contributed by atoms with Crippen molar-refractivity contribution in [2.75, 3.05) is 19.0 Å². The van der Waals surface area contributed by atoms with Gasteiger partial charge in [-0.3, -0.25) is 0 Å². The van der Waals surface area contributed by atoms with Gasteiger partial charge in [0.15, 0.2) is 11.8 Å². The molecule has 5 rings (SSSR count). The van der Waals surface area contributed by atoms with E-state index < -0.39 is 15.6 Å². The topological polar surface area (TPSA) is 122 Å². The van der Waals surface area contributed by atoms with Crippen molar-refractivity contribution in [3.05, 3.63) is 42.1 Å². The molecule has 35 heavy (non-hydrogen) atoms. The number of hydrogen-bond donors (Lipinski definition) is 2. The molecule has 1 aliphatic carbocycles. The van der Waals surface area contributed by atoms with Gasteiger partial charge in [0.25, 0.3) is 15.9 Å². The highest BCUT2D eigenvalue weighted by Crippen LogP contribution is 2.41. The molecule has 1 aliphatic heterocycles. The number of benzene rings is 1. The Balaban J connectivity index is 1.52. The molecule has 0 saturated heterocycles. The third-order valence-corrected chi connectivity index (χ3v) is 8.21. The number of anilines is 1. The first kappa shape index (κ1) is 23.4. The van der Waals surface area contributed by atoms with E-state index in [4.69, 9.17) is 4.74 Å². The first-order chi connectivity index (χ1) is 16.6. The molecule has 11 heteroatoms. The van der Waals surface area contributed by atoms with E-state index in [2.05, 4.69) is 20.3 Å². The number of aliphatic hydroxyl groups is 1. The fourth-order valence-corrected chi connectivity index (χ4v) is 6.01. The van der Waals surface area contributed by atoms with E-state index in [1.54, 1.807) is 36.5 Å². The van der Waals surface area contributed by atoms with Crippen molar-refractivity contribution >= 4 is 39.1 Å². The molecule has 1 atom stereocenters. The van der Waals surface area contributed by atoms with Gasteiger partial charge >= 0.3 is 5.95 Å². The Bertz CT molecular complexity index is 1450. The second-order valence-electron chi connectivity index (χ2n) is 9.43. The SMILES string of the molecule is CCOc1nc(NC2=[N+](C)C(C3CC(C)(O)C3)N=C2)nc2c1ccn2S(=O)(=O)c1ccc(C)cc1. The number of aromatic nitrogens is 3. The van der Waals surface area contributed by atoms with Gasteiger partial charge in [-0.25, -0.2) is 27.3 Å².